The first-order valence-electron chi connectivity index (χ1n) is 17.6. The fourth-order valence-corrected chi connectivity index (χ4v) is 9.30. The van der Waals surface area contributed by atoms with Crippen LogP contribution in [0, 0.1) is 34.5 Å². The van der Waals surface area contributed by atoms with Crippen molar-refractivity contribution in [2.45, 2.75) is 155 Å². The molecule has 0 aromatic rings. The standard InChI is InChI=1S/C35H56N4O5/c1-5-9-26(29(41)32(43)36-25-12-13-25)37-31(42)28(24-10-7-6-8-11-24)39-33(44)30(34(2,3)4)38-27(40)20-35-17-21-14-22(18-35)16-23(15-21)19-35/h21-26,28,30H,5-20H2,1-4H3,(H,36,43)(H,37,42)(H,38,40)(H,39,44)/t21?,22?,23?,26-,28-,30+,35?/m0/s1. The summed E-state index contributed by atoms with van der Waals surface area (Å²) in [4.78, 5) is 67.0. The zero-order chi connectivity index (χ0) is 31.6. The molecule has 4 amide bonds. The van der Waals surface area contributed by atoms with Crippen LogP contribution in [0.4, 0.5) is 0 Å². The molecule has 0 unspecified atom stereocenters. The van der Waals surface area contributed by atoms with Crippen LogP contribution in [0.2, 0.25) is 0 Å². The molecule has 0 heterocycles. The second kappa shape index (κ2) is 13.5. The van der Waals surface area contributed by atoms with E-state index in [2.05, 4.69) is 21.3 Å². The van der Waals surface area contributed by atoms with E-state index in [1.807, 2.05) is 27.7 Å². The van der Waals surface area contributed by atoms with E-state index in [4.69, 9.17) is 0 Å². The number of hydrogen-bond acceptors (Lipinski definition) is 5. The van der Waals surface area contributed by atoms with E-state index in [0.29, 0.717) is 19.3 Å². The number of amides is 4. The van der Waals surface area contributed by atoms with Crippen LogP contribution in [-0.2, 0) is 24.0 Å². The van der Waals surface area contributed by atoms with E-state index >= 15 is 0 Å². The summed E-state index contributed by atoms with van der Waals surface area (Å²) >= 11 is 0. The van der Waals surface area contributed by atoms with Crippen LogP contribution >= 0.6 is 0 Å². The van der Waals surface area contributed by atoms with Gasteiger partial charge < -0.3 is 21.3 Å². The smallest absolute Gasteiger partial charge is 0.289 e. The number of Topliss-reactive ketones (excluding diaryl/α,β-unsaturated/α-hetero) is 1. The minimum Gasteiger partial charge on any atom is -0.347 e. The summed E-state index contributed by atoms with van der Waals surface area (Å²) in [5.74, 6) is 0.000902. The zero-order valence-corrected chi connectivity index (χ0v) is 27.5. The van der Waals surface area contributed by atoms with Crippen molar-refractivity contribution in [1.82, 2.24) is 21.3 Å². The van der Waals surface area contributed by atoms with Crippen LogP contribution in [0.15, 0.2) is 0 Å². The Kier molecular flexibility index (Phi) is 10.1. The molecule has 3 atom stereocenters. The summed E-state index contributed by atoms with van der Waals surface area (Å²) in [6.07, 6.45) is 15.1. The van der Waals surface area contributed by atoms with E-state index in [1.165, 1.54) is 19.3 Å². The maximum atomic E-state index is 14.0. The monoisotopic (exact) mass is 612 g/mol. The predicted octanol–water partition coefficient (Wildman–Crippen LogP) is 4.32. The minimum absolute atomic E-state index is 0.0474. The summed E-state index contributed by atoms with van der Waals surface area (Å²) in [5, 5.41) is 11.7. The molecular formula is C35H56N4O5. The number of rotatable bonds is 13. The summed E-state index contributed by atoms with van der Waals surface area (Å²) in [7, 11) is 0. The van der Waals surface area contributed by atoms with Gasteiger partial charge in [-0.1, -0.05) is 53.4 Å². The van der Waals surface area contributed by atoms with Gasteiger partial charge in [-0.25, -0.2) is 0 Å². The molecule has 6 rings (SSSR count). The lowest BCUT2D eigenvalue weighted by Gasteiger charge is -2.56. The molecule has 0 saturated heterocycles. The zero-order valence-electron chi connectivity index (χ0n) is 27.5. The van der Waals surface area contributed by atoms with Gasteiger partial charge in [-0.15, -0.1) is 0 Å². The Hall–Kier alpha value is -2.45. The third kappa shape index (κ3) is 8.03. The Morgan fingerprint density at radius 3 is 1.89 bits per heavy atom. The fraction of sp³-hybridized carbons (Fsp3) is 0.857. The second-order valence-corrected chi connectivity index (χ2v) is 16.3. The van der Waals surface area contributed by atoms with E-state index in [1.54, 1.807) is 0 Å². The maximum Gasteiger partial charge on any atom is 0.289 e. The van der Waals surface area contributed by atoms with Crippen LogP contribution in [0.25, 0.3) is 0 Å². The van der Waals surface area contributed by atoms with Crippen molar-refractivity contribution in [3.8, 4) is 0 Å². The Bertz CT molecular complexity index is 1070. The molecule has 4 N–H and O–H groups in total. The lowest BCUT2D eigenvalue weighted by molar-refractivity contribution is -0.141. The number of carbonyl (C=O) groups is 5. The molecule has 6 saturated carbocycles. The molecular weight excluding hydrogens is 556 g/mol. The van der Waals surface area contributed by atoms with Crippen molar-refractivity contribution >= 4 is 29.4 Å². The number of carbonyl (C=O) groups excluding carboxylic acids is 5. The highest BCUT2D eigenvalue weighted by Gasteiger charge is 2.52. The quantitative estimate of drug-likeness (QED) is 0.230. The van der Waals surface area contributed by atoms with Crippen molar-refractivity contribution in [3.63, 3.8) is 0 Å². The third-order valence-electron chi connectivity index (χ3n) is 11.2. The van der Waals surface area contributed by atoms with Gasteiger partial charge in [0.15, 0.2) is 0 Å². The van der Waals surface area contributed by atoms with Gasteiger partial charge in [0.25, 0.3) is 5.91 Å². The van der Waals surface area contributed by atoms with Crippen molar-refractivity contribution in [3.05, 3.63) is 0 Å². The van der Waals surface area contributed by atoms with Gasteiger partial charge in [-0.05, 0) is 105 Å². The Balaban J connectivity index is 1.26. The molecule has 0 aromatic carbocycles. The average molecular weight is 613 g/mol. The van der Waals surface area contributed by atoms with Gasteiger partial charge in [0.05, 0.1) is 6.04 Å². The normalized spacial score (nSPS) is 30.1. The first kappa shape index (κ1) is 32.9. The second-order valence-electron chi connectivity index (χ2n) is 16.3. The highest BCUT2D eigenvalue weighted by molar-refractivity contribution is 6.38. The molecule has 0 radical (unpaired) electrons. The van der Waals surface area contributed by atoms with Gasteiger partial charge in [0, 0.05) is 12.5 Å². The molecule has 4 bridgehead atoms. The average Bonchev–Trinajstić information content (AvgIpc) is 3.76. The molecule has 6 aliphatic carbocycles. The van der Waals surface area contributed by atoms with Gasteiger partial charge >= 0.3 is 0 Å². The molecule has 9 nitrogen and oxygen atoms in total. The van der Waals surface area contributed by atoms with Gasteiger partial charge in [0.2, 0.25) is 23.5 Å². The summed E-state index contributed by atoms with van der Waals surface area (Å²) in [6, 6.07) is -2.54. The van der Waals surface area contributed by atoms with Crippen molar-refractivity contribution < 1.29 is 24.0 Å². The van der Waals surface area contributed by atoms with Crippen LogP contribution in [0.1, 0.15) is 130 Å². The highest BCUT2D eigenvalue weighted by atomic mass is 16.2. The SMILES string of the molecule is CCC[C@H](NC(=O)[C@@H](NC(=O)[C@@H](NC(=O)CC12CC3CC(CC(C3)C1)C2)C(C)(C)C)C1CCCCC1)C(=O)C(=O)NC1CC1. The van der Waals surface area contributed by atoms with Crippen LogP contribution in [0.3, 0.4) is 0 Å². The largest absolute Gasteiger partial charge is 0.347 e. The first-order chi connectivity index (χ1) is 20.9. The predicted molar refractivity (Wildman–Crippen MR) is 168 cm³/mol. The maximum absolute atomic E-state index is 14.0. The highest BCUT2D eigenvalue weighted by Crippen LogP contribution is 2.61. The molecule has 246 valence electrons. The van der Waals surface area contributed by atoms with E-state index in [-0.39, 0.29) is 29.2 Å². The molecule has 9 heteroatoms. The number of ketones is 1. The summed E-state index contributed by atoms with van der Waals surface area (Å²) in [6.45, 7) is 7.72. The van der Waals surface area contributed by atoms with E-state index in [0.717, 1.165) is 82.0 Å². The number of nitrogens with one attached hydrogen (secondary N) is 4. The minimum atomic E-state index is -0.937. The van der Waals surface area contributed by atoms with Crippen molar-refractivity contribution in [2.24, 2.45) is 34.5 Å². The van der Waals surface area contributed by atoms with Gasteiger partial charge in [-0.3, -0.25) is 24.0 Å². The summed E-state index contributed by atoms with van der Waals surface area (Å²) < 4.78 is 0. The Morgan fingerprint density at radius 2 is 1.36 bits per heavy atom. The lowest BCUT2D eigenvalue weighted by atomic mass is 9.49. The molecule has 0 aliphatic heterocycles. The Morgan fingerprint density at radius 1 is 0.773 bits per heavy atom. The lowest BCUT2D eigenvalue weighted by Crippen LogP contribution is -2.61. The number of hydrogen-bond donors (Lipinski definition) is 4. The van der Waals surface area contributed by atoms with Gasteiger partial charge in [-0.2, -0.15) is 0 Å². The van der Waals surface area contributed by atoms with Crippen LogP contribution in [-0.4, -0.2) is 53.6 Å². The van der Waals surface area contributed by atoms with Gasteiger partial charge in [0.1, 0.15) is 12.1 Å². The van der Waals surface area contributed by atoms with Crippen LogP contribution in [0.5, 0.6) is 0 Å². The van der Waals surface area contributed by atoms with Crippen LogP contribution < -0.4 is 21.3 Å². The Labute approximate surface area is 263 Å². The molecule has 0 spiro atoms. The van der Waals surface area contributed by atoms with E-state index < -0.39 is 41.1 Å². The van der Waals surface area contributed by atoms with Crippen molar-refractivity contribution in [2.75, 3.05) is 0 Å². The molecule has 6 aliphatic rings. The van der Waals surface area contributed by atoms with E-state index in [9.17, 15) is 24.0 Å². The molecule has 44 heavy (non-hydrogen) atoms. The third-order valence-corrected chi connectivity index (χ3v) is 11.2. The molecule has 0 aromatic heterocycles. The molecule has 6 fully saturated rings. The summed E-state index contributed by atoms with van der Waals surface area (Å²) in [5.41, 5.74) is -0.509. The first-order valence-corrected chi connectivity index (χ1v) is 17.6. The van der Waals surface area contributed by atoms with Crippen molar-refractivity contribution in [1.29, 1.82) is 0 Å². The fourth-order valence-electron chi connectivity index (χ4n) is 9.30. The topological polar surface area (TPSA) is 133 Å².